The van der Waals surface area contributed by atoms with Gasteiger partial charge in [-0.3, -0.25) is 0 Å². The van der Waals surface area contributed by atoms with Gasteiger partial charge >= 0.3 is 0 Å². The van der Waals surface area contributed by atoms with Crippen LogP contribution in [0.5, 0.6) is 0 Å². The molecule has 0 bridgehead atoms. The first kappa shape index (κ1) is 13.0. The van der Waals surface area contributed by atoms with E-state index in [1.165, 1.54) is 44.9 Å². The largest absolute Gasteiger partial charge is 0.0654 e. The molecule has 13 heavy (non-hydrogen) atoms. The van der Waals surface area contributed by atoms with Crippen LogP contribution < -0.4 is 0 Å². The normalized spacial score (nSPS) is 27.7. The zero-order valence-electron chi connectivity index (χ0n) is 10.1. The summed E-state index contributed by atoms with van der Waals surface area (Å²) in [7, 11) is 0. The lowest BCUT2D eigenvalue weighted by Crippen LogP contribution is -2.10. The first-order valence-electron chi connectivity index (χ1n) is 6.24. The molecular weight excluding hydrogens is 156 g/mol. The number of hydrogen-bond acceptors (Lipinski definition) is 0. The number of unbranched alkanes of at least 4 members (excludes halogenated alkanes) is 1. The summed E-state index contributed by atoms with van der Waals surface area (Å²) in [5, 5.41) is 0. The Kier molecular flexibility index (Phi) is 8.59. The Morgan fingerprint density at radius 2 is 1.31 bits per heavy atom. The lowest BCUT2D eigenvalue weighted by Gasteiger charge is -2.24. The van der Waals surface area contributed by atoms with Crippen LogP contribution in [-0.2, 0) is 0 Å². The van der Waals surface area contributed by atoms with Gasteiger partial charge < -0.3 is 0 Å². The second-order valence-electron chi connectivity index (χ2n) is 4.53. The maximum atomic E-state index is 2.38. The number of rotatable bonds is 2. The molecule has 1 aliphatic carbocycles. The van der Waals surface area contributed by atoms with E-state index in [1.54, 1.807) is 0 Å². The lowest BCUT2D eigenvalue weighted by atomic mass is 9.82. The standard InChI is InChI=1S/C9H18.C4H10/c1-3-9-6-4-8(2)5-7-9;1-3-4-2/h8-9H,3-7H2,1-2H3;3-4H2,1-2H3. The van der Waals surface area contributed by atoms with Crippen LogP contribution in [0, 0.1) is 11.8 Å². The zero-order valence-corrected chi connectivity index (χ0v) is 10.1. The highest BCUT2D eigenvalue weighted by atomic mass is 14.2. The van der Waals surface area contributed by atoms with Gasteiger partial charge in [0.05, 0.1) is 0 Å². The van der Waals surface area contributed by atoms with Crippen molar-refractivity contribution in [3.05, 3.63) is 0 Å². The van der Waals surface area contributed by atoms with Crippen molar-refractivity contribution in [3.63, 3.8) is 0 Å². The predicted octanol–water partition coefficient (Wildman–Crippen LogP) is 5.03. The van der Waals surface area contributed by atoms with Crippen LogP contribution in [-0.4, -0.2) is 0 Å². The van der Waals surface area contributed by atoms with Crippen LogP contribution in [0.3, 0.4) is 0 Å². The van der Waals surface area contributed by atoms with Crippen molar-refractivity contribution in [2.24, 2.45) is 11.8 Å². The first-order valence-corrected chi connectivity index (χ1v) is 6.24. The minimum Gasteiger partial charge on any atom is -0.0654 e. The van der Waals surface area contributed by atoms with E-state index < -0.39 is 0 Å². The molecule has 0 amide bonds. The third kappa shape index (κ3) is 7.10. The first-order chi connectivity index (χ1) is 6.24. The SMILES string of the molecule is CCC1CCC(C)CC1.CCCC. The van der Waals surface area contributed by atoms with Crippen molar-refractivity contribution in [2.45, 2.75) is 72.6 Å². The highest BCUT2D eigenvalue weighted by Gasteiger charge is 2.15. The van der Waals surface area contributed by atoms with Gasteiger partial charge in [-0.05, 0) is 11.8 Å². The van der Waals surface area contributed by atoms with E-state index >= 15 is 0 Å². The van der Waals surface area contributed by atoms with Crippen LogP contribution in [0.25, 0.3) is 0 Å². The smallest absolute Gasteiger partial charge is 0.0417 e. The summed E-state index contributed by atoms with van der Waals surface area (Å²) in [6, 6.07) is 0. The molecule has 0 heteroatoms. The average Bonchev–Trinajstić information content (AvgIpc) is 2.19. The van der Waals surface area contributed by atoms with Crippen molar-refractivity contribution < 1.29 is 0 Å². The van der Waals surface area contributed by atoms with Crippen LogP contribution in [0.1, 0.15) is 72.6 Å². The van der Waals surface area contributed by atoms with Crippen molar-refractivity contribution in [3.8, 4) is 0 Å². The molecular formula is C13H28. The Bertz CT molecular complexity index is 86.2. The van der Waals surface area contributed by atoms with Crippen LogP contribution in [0.2, 0.25) is 0 Å². The topological polar surface area (TPSA) is 0 Å². The highest BCUT2D eigenvalue weighted by molar-refractivity contribution is 4.68. The van der Waals surface area contributed by atoms with Gasteiger partial charge in [-0.2, -0.15) is 0 Å². The molecule has 1 rings (SSSR count). The molecule has 0 aromatic rings. The molecule has 0 saturated heterocycles. The van der Waals surface area contributed by atoms with E-state index in [0.29, 0.717) is 0 Å². The maximum absolute atomic E-state index is 2.38. The van der Waals surface area contributed by atoms with Crippen molar-refractivity contribution in [1.82, 2.24) is 0 Å². The van der Waals surface area contributed by atoms with E-state index in [4.69, 9.17) is 0 Å². The third-order valence-electron chi connectivity index (χ3n) is 3.21. The van der Waals surface area contributed by atoms with Gasteiger partial charge in [-0.15, -0.1) is 0 Å². The molecule has 0 radical (unpaired) electrons. The summed E-state index contributed by atoms with van der Waals surface area (Å²) in [6.45, 7) is 9.06. The van der Waals surface area contributed by atoms with Gasteiger partial charge in [-0.1, -0.05) is 72.6 Å². The van der Waals surface area contributed by atoms with Gasteiger partial charge in [0.15, 0.2) is 0 Å². The maximum Gasteiger partial charge on any atom is -0.0417 e. The zero-order chi connectivity index (χ0) is 10.1. The third-order valence-corrected chi connectivity index (χ3v) is 3.21. The highest BCUT2D eigenvalue weighted by Crippen LogP contribution is 2.29. The molecule has 0 heterocycles. The summed E-state index contributed by atoms with van der Waals surface area (Å²) in [5.41, 5.74) is 0. The molecule has 0 aromatic carbocycles. The van der Waals surface area contributed by atoms with Gasteiger partial charge in [0.25, 0.3) is 0 Å². The quantitative estimate of drug-likeness (QED) is 0.564. The van der Waals surface area contributed by atoms with Gasteiger partial charge in [-0.25, -0.2) is 0 Å². The molecule has 1 saturated carbocycles. The number of hydrogen-bond donors (Lipinski definition) is 0. The Balaban J connectivity index is 0.000000310. The molecule has 80 valence electrons. The molecule has 1 fully saturated rings. The van der Waals surface area contributed by atoms with Crippen LogP contribution in [0.4, 0.5) is 0 Å². The van der Waals surface area contributed by atoms with Gasteiger partial charge in [0.1, 0.15) is 0 Å². The summed E-state index contributed by atoms with van der Waals surface area (Å²) >= 11 is 0. The van der Waals surface area contributed by atoms with E-state index in [9.17, 15) is 0 Å². The van der Waals surface area contributed by atoms with Crippen LogP contribution >= 0.6 is 0 Å². The molecule has 0 aromatic heterocycles. The van der Waals surface area contributed by atoms with E-state index in [1.807, 2.05) is 0 Å². The van der Waals surface area contributed by atoms with E-state index in [2.05, 4.69) is 27.7 Å². The molecule has 0 N–H and O–H groups in total. The Labute approximate surface area is 85.1 Å². The van der Waals surface area contributed by atoms with Gasteiger partial charge in [0, 0.05) is 0 Å². The molecule has 0 unspecified atom stereocenters. The van der Waals surface area contributed by atoms with E-state index in [-0.39, 0.29) is 0 Å². The van der Waals surface area contributed by atoms with Crippen LogP contribution in [0.15, 0.2) is 0 Å². The molecule has 0 nitrogen and oxygen atoms in total. The monoisotopic (exact) mass is 184 g/mol. The summed E-state index contributed by atoms with van der Waals surface area (Å²) in [6.07, 6.45) is 10.0. The molecule has 1 aliphatic rings. The average molecular weight is 184 g/mol. The Morgan fingerprint density at radius 1 is 0.846 bits per heavy atom. The summed E-state index contributed by atoms with van der Waals surface area (Å²) in [4.78, 5) is 0. The van der Waals surface area contributed by atoms with Gasteiger partial charge in [0.2, 0.25) is 0 Å². The van der Waals surface area contributed by atoms with Crippen molar-refractivity contribution in [1.29, 1.82) is 0 Å². The second kappa shape index (κ2) is 8.59. The predicted molar refractivity (Wildman–Crippen MR) is 62.0 cm³/mol. The fourth-order valence-corrected chi connectivity index (χ4v) is 1.74. The molecule has 0 spiro atoms. The molecule has 0 atom stereocenters. The summed E-state index contributed by atoms with van der Waals surface area (Å²) < 4.78 is 0. The minimum absolute atomic E-state index is 1.02. The van der Waals surface area contributed by atoms with Crippen molar-refractivity contribution in [2.75, 3.05) is 0 Å². The fraction of sp³-hybridized carbons (Fsp3) is 1.00. The summed E-state index contributed by atoms with van der Waals surface area (Å²) in [5.74, 6) is 2.09. The fourth-order valence-electron chi connectivity index (χ4n) is 1.74. The van der Waals surface area contributed by atoms with E-state index in [0.717, 1.165) is 11.8 Å². The van der Waals surface area contributed by atoms with Crippen molar-refractivity contribution >= 4 is 0 Å². The lowest BCUT2D eigenvalue weighted by molar-refractivity contribution is 0.284. The minimum atomic E-state index is 1.02. The second-order valence-corrected chi connectivity index (χ2v) is 4.53. The molecule has 0 aliphatic heterocycles. The Hall–Kier alpha value is 0. The Morgan fingerprint density at radius 3 is 1.62 bits per heavy atom.